The van der Waals surface area contributed by atoms with E-state index in [-0.39, 0.29) is 5.57 Å². The first-order chi connectivity index (χ1) is 5.15. The summed E-state index contributed by atoms with van der Waals surface area (Å²) in [6.45, 7) is 0. The Morgan fingerprint density at radius 3 is 2.64 bits per heavy atom. The lowest BCUT2D eigenvalue weighted by molar-refractivity contribution is -0.136. The van der Waals surface area contributed by atoms with Gasteiger partial charge in [-0.2, -0.15) is 13.8 Å². The molecule has 3 nitrogen and oxygen atoms in total. The van der Waals surface area contributed by atoms with E-state index >= 15 is 0 Å². The van der Waals surface area contributed by atoms with Gasteiger partial charge in [0.05, 0.1) is 13.5 Å². The van der Waals surface area contributed by atoms with E-state index in [1.165, 1.54) is 0 Å². The first-order valence-electron chi connectivity index (χ1n) is 2.85. The average Bonchev–Trinajstić information content (AvgIpc) is 2.28. The third-order valence-corrected chi connectivity index (χ3v) is 1.22. The zero-order chi connectivity index (χ0) is 8.43. The minimum Gasteiger partial charge on any atom is -0.466 e. The van der Waals surface area contributed by atoms with E-state index in [4.69, 9.17) is 0 Å². The molecular formula is C6H5F2NO2. The van der Waals surface area contributed by atoms with Gasteiger partial charge in [-0.25, -0.2) is 4.79 Å². The minimum absolute atomic E-state index is 0.356. The molecule has 1 rings (SSSR count). The molecule has 0 fully saturated rings. The van der Waals surface area contributed by atoms with Gasteiger partial charge in [-0.15, -0.1) is 0 Å². The van der Waals surface area contributed by atoms with Crippen molar-refractivity contribution in [2.24, 2.45) is 4.99 Å². The van der Waals surface area contributed by atoms with E-state index in [2.05, 4.69) is 9.73 Å². The second-order valence-electron chi connectivity index (χ2n) is 1.93. The fourth-order valence-electron chi connectivity index (χ4n) is 0.712. The highest BCUT2D eigenvalue weighted by atomic mass is 19.1. The molecule has 0 aromatic rings. The molecule has 0 aromatic carbocycles. The van der Waals surface area contributed by atoms with Crippen molar-refractivity contribution >= 4 is 11.9 Å². The lowest BCUT2D eigenvalue weighted by atomic mass is 10.2. The minimum atomic E-state index is -1.09. The summed E-state index contributed by atoms with van der Waals surface area (Å²) < 4.78 is 28.8. The maximum Gasteiger partial charge on any atom is 0.338 e. The molecule has 60 valence electrons. The van der Waals surface area contributed by atoms with Gasteiger partial charge < -0.3 is 4.74 Å². The van der Waals surface area contributed by atoms with Gasteiger partial charge in [-0.1, -0.05) is 0 Å². The van der Waals surface area contributed by atoms with Crippen LogP contribution in [-0.2, 0) is 9.53 Å². The molecule has 0 spiro atoms. The van der Waals surface area contributed by atoms with E-state index in [1.54, 1.807) is 0 Å². The second-order valence-corrected chi connectivity index (χ2v) is 1.93. The number of ether oxygens (including phenoxy) is 1. The van der Waals surface area contributed by atoms with Gasteiger partial charge in [0.15, 0.2) is 5.97 Å². The number of carbonyl (C=O) groups is 1. The molecule has 11 heavy (non-hydrogen) atoms. The Bertz CT molecular complexity index is 257. The van der Waals surface area contributed by atoms with Crippen LogP contribution in [0.5, 0.6) is 0 Å². The Kier molecular flexibility index (Phi) is 1.98. The molecule has 0 N–H and O–H groups in total. The van der Waals surface area contributed by atoms with Crippen molar-refractivity contribution in [3.63, 3.8) is 0 Å². The van der Waals surface area contributed by atoms with Crippen molar-refractivity contribution in [2.45, 2.75) is 6.42 Å². The van der Waals surface area contributed by atoms with Crippen LogP contribution < -0.4 is 0 Å². The lowest BCUT2D eigenvalue weighted by Crippen LogP contribution is -2.05. The molecule has 0 bridgehead atoms. The van der Waals surface area contributed by atoms with Crippen molar-refractivity contribution < 1.29 is 18.3 Å². The van der Waals surface area contributed by atoms with Crippen LogP contribution >= 0.6 is 0 Å². The van der Waals surface area contributed by atoms with Crippen LogP contribution in [0, 0.1) is 0 Å². The summed E-state index contributed by atoms with van der Waals surface area (Å²) in [4.78, 5) is 13.4. The number of esters is 1. The fourth-order valence-corrected chi connectivity index (χ4v) is 0.712. The third kappa shape index (κ3) is 1.42. The van der Waals surface area contributed by atoms with Crippen molar-refractivity contribution in [2.75, 3.05) is 7.11 Å². The average molecular weight is 161 g/mol. The fraction of sp³-hybridized carbons (Fsp3) is 0.333. The molecule has 0 aliphatic carbocycles. The largest absolute Gasteiger partial charge is 0.466 e. The Hall–Kier alpha value is -1.26. The molecule has 0 radical (unpaired) electrons. The molecule has 0 saturated carbocycles. The van der Waals surface area contributed by atoms with Gasteiger partial charge in [-0.05, 0) is 0 Å². The highest BCUT2D eigenvalue weighted by Gasteiger charge is 2.24. The molecule has 5 heteroatoms. The summed E-state index contributed by atoms with van der Waals surface area (Å²) in [6.07, 6.45) is -0.404. The zero-order valence-electron chi connectivity index (χ0n) is 5.73. The first-order valence-corrected chi connectivity index (χ1v) is 2.85. The standard InChI is InChI=1S/C6H5F2NO2/c1-11-6(10)3-2-4(7)9-5(3)8/h2H2,1H3. The number of hydrogen-bond donors (Lipinski definition) is 0. The second kappa shape index (κ2) is 2.77. The van der Waals surface area contributed by atoms with Crippen LogP contribution in [-0.4, -0.2) is 19.0 Å². The molecule has 1 aliphatic heterocycles. The summed E-state index contributed by atoms with van der Waals surface area (Å²) in [5.41, 5.74) is -0.356. The summed E-state index contributed by atoms with van der Waals surface area (Å²) in [5.74, 6) is -2.86. The van der Waals surface area contributed by atoms with Crippen molar-refractivity contribution in [1.82, 2.24) is 0 Å². The number of carbonyl (C=O) groups excluding carboxylic acids is 1. The Balaban J connectivity index is 2.79. The van der Waals surface area contributed by atoms with Gasteiger partial charge in [0.1, 0.15) is 5.57 Å². The van der Waals surface area contributed by atoms with Crippen LogP contribution in [0.2, 0.25) is 0 Å². The maximum absolute atomic E-state index is 12.4. The van der Waals surface area contributed by atoms with Crippen LogP contribution in [0.25, 0.3) is 0 Å². The molecular weight excluding hydrogens is 156 g/mol. The molecule has 0 atom stereocenters. The van der Waals surface area contributed by atoms with Gasteiger partial charge in [0.25, 0.3) is 0 Å². The van der Waals surface area contributed by atoms with Crippen molar-refractivity contribution in [1.29, 1.82) is 0 Å². The number of aliphatic imine (C=N–C) groups is 1. The van der Waals surface area contributed by atoms with Crippen LogP contribution in [0.4, 0.5) is 8.78 Å². The Morgan fingerprint density at radius 1 is 1.64 bits per heavy atom. The summed E-state index contributed by atoms with van der Waals surface area (Å²) >= 11 is 0. The predicted molar refractivity (Wildman–Crippen MR) is 33.3 cm³/mol. The molecule has 0 aromatic heterocycles. The number of halogens is 2. The quantitative estimate of drug-likeness (QED) is 0.426. The molecule has 0 amide bonds. The Labute approximate surface area is 61.4 Å². The van der Waals surface area contributed by atoms with Crippen LogP contribution in [0.3, 0.4) is 0 Å². The SMILES string of the molecule is COC(=O)C1=C(F)N=C(F)C1. The van der Waals surface area contributed by atoms with Gasteiger partial charge in [0, 0.05) is 0 Å². The molecule has 0 saturated heterocycles. The van der Waals surface area contributed by atoms with E-state index < -0.39 is 24.3 Å². The normalized spacial score (nSPS) is 16.8. The van der Waals surface area contributed by atoms with E-state index in [0.717, 1.165) is 7.11 Å². The first kappa shape index (κ1) is 7.84. The predicted octanol–water partition coefficient (Wildman–Crippen LogP) is 1.11. The van der Waals surface area contributed by atoms with Crippen LogP contribution in [0.1, 0.15) is 6.42 Å². The molecule has 1 heterocycles. The monoisotopic (exact) mass is 161 g/mol. The summed E-state index contributed by atoms with van der Waals surface area (Å²) in [5, 5.41) is 0. The maximum atomic E-state index is 12.4. The van der Waals surface area contributed by atoms with E-state index in [1.807, 2.05) is 0 Å². The number of methoxy groups -OCH3 is 1. The number of hydrogen-bond acceptors (Lipinski definition) is 3. The topological polar surface area (TPSA) is 38.7 Å². The highest BCUT2D eigenvalue weighted by molar-refractivity contribution is 5.98. The highest BCUT2D eigenvalue weighted by Crippen LogP contribution is 2.21. The van der Waals surface area contributed by atoms with Crippen molar-refractivity contribution in [3.05, 3.63) is 11.5 Å². The zero-order valence-corrected chi connectivity index (χ0v) is 5.73. The number of rotatable bonds is 1. The van der Waals surface area contributed by atoms with Crippen molar-refractivity contribution in [3.8, 4) is 0 Å². The molecule has 1 aliphatic rings. The van der Waals surface area contributed by atoms with E-state index in [9.17, 15) is 13.6 Å². The third-order valence-electron chi connectivity index (χ3n) is 1.22. The summed E-state index contributed by atoms with van der Waals surface area (Å²) in [6, 6.07) is 0. The summed E-state index contributed by atoms with van der Waals surface area (Å²) in [7, 11) is 1.10. The lowest BCUT2D eigenvalue weighted by Gasteiger charge is -1.95. The smallest absolute Gasteiger partial charge is 0.338 e. The van der Waals surface area contributed by atoms with Gasteiger partial charge >= 0.3 is 5.97 Å². The van der Waals surface area contributed by atoms with Gasteiger partial charge in [-0.3, -0.25) is 0 Å². The number of nitrogens with zero attached hydrogens (tertiary/aromatic N) is 1. The molecule has 0 unspecified atom stereocenters. The van der Waals surface area contributed by atoms with Gasteiger partial charge in [0.2, 0.25) is 5.95 Å². The Morgan fingerprint density at radius 2 is 2.27 bits per heavy atom. The van der Waals surface area contributed by atoms with Crippen LogP contribution in [0.15, 0.2) is 16.5 Å². The van der Waals surface area contributed by atoms with E-state index in [0.29, 0.717) is 0 Å².